The van der Waals surface area contributed by atoms with Gasteiger partial charge in [-0.2, -0.15) is 0 Å². The second-order valence-corrected chi connectivity index (χ2v) is 13.5. The number of rotatable bonds is 4. The quantitative estimate of drug-likeness (QED) is 0.175. The minimum atomic E-state index is 0.883. The van der Waals surface area contributed by atoms with Crippen LogP contribution in [0.15, 0.2) is 191 Å². The van der Waals surface area contributed by atoms with Gasteiger partial charge < -0.3 is 8.83 Å². The van der Waals surface area contributed by atoms with Crippen LogP contribution in [0.4, 0.5) is 0 Å². The predicted molar refractivity (Wildman–Crippen MR) is 218 cm³/mol. The summed E-state index contributed by atoms with van der Waals surface area (Å²) in [5.41, 5.74) is 12.9. The van der Waals surface area contributed by atoms with Crippen LogP contribution in [0.5, 0.6) is 0 Å². The molecule has 9 aromatic carbocycles. The minimum absolute atomic E-state index is 0.883. The molecule has 0 atom stereocenters. The summed E-state index contributed by atoms with van der Waals surface area (Å²) in [6.45, 7) is 0. The Labute approximate surface area is 299 Å². The van der Waals surface area contributed by atoms with Crippen molar-refractivity contribution in [2.75, 3.05) is 0 Å². The second-order valence-electron chi connectivity index (χ2n) is 13.5. The Balaban J connectivity index is 1.14. The van der Waals surface area contributed by atoms with Gasteiger partial charge in [0.15, 0.2) is 0 Å². The standard InChI is InChI=1S/C50H30O2/c1-2-13-33(14-3-1)46-37-16-4-6-18-39(37)47(40-19-7-5-17-38(40)46)43-30-29-34(48-42-20-9-11-24-45(42)52-50(43)48)31-25-27-32(28-26-31)35-21-12-22-41-36-15-8-10-23-44(36)51-49(35)41/h1-30H. The molecule has 0 bridgehead atoms. The molecular formula is C50H30O2. The van der Waals surface area contributed by atoms with Gasteiger partial charge in [0.05, 0.1) is 0 Å². The summed E-state index contributed by atoms with van der Waals surface area (Å²) in [6, 6.07) is 64.8. The largest absolute Gasteiger partial charge is 0.455 e. The van der Waals surface area contributed by atoms with E-state index in [1.54, 1.807) is 0 Å². The Morgan fingerprint density at radius 1 is 0.250 bits per heavy atom. The number of benzene rings is 9. The third-order valence-corrected chi connectivity index (χ3v) is 10.7. The highest BCUT2D eigenvalue weighted by Gasteiger charge is 2.22. The van der Waals surface area contributed by atoms with Crippen LogP contribution in [0.25, 0.3) is 110 Å². The number of para-hydroxylation sites is 3. The lowest BCUT2D eigenvalue weighted by Gasteiger charge is -2.18. The Bertz CT molecular complexity index is 3100. The lowest BCUT2D eigenvalue weighted by molar-refractivity contribution is 0.669. The van der Waals surface area contributed by atoms with E-state index in [4.69, 9.17) is 8.83 Å². The Kier molecular flexibility index (Phi) is 6.28. The number of hydrogen-bond acceptors (Lipinski definition) is 2. The van der Waals surface area contributed by atoms with Crippen molar-refractivity contribution in [1.29, 1.82) is 0 Å². The second kappa shape index (κ2) is 11.3. The van der Waals surface area contributed by atoms with E-state index in [1.165, 1.54) is 38.2 Å². The summed E-state index contributed by atoms with van der Waals surface area (Å²) in [5.74, 6) is 0. The van der Waals surface area contributed by atoms with Crippen LogP contribution >= 0.6 is 0 Å². The molecule has 0 spiro atoms. The molecule has 0 amide bonds. The molecule has 2 nitrogen and oxygen atoms in total. The zero-order valence-electron chi connectivity index (χ0n) is 28.1. The molecule has 0 N–H and O–H groups in total. The van der Waals surface area contributed by atoms with E-state index in [-0.39, 0.29) is 0 Å². The van der Waals surface area contributed by atoms with Crippen molar-refractivity contribution in [1.82, 2.24) is 0 Å². The minimum Gasteiger partial charge on any atom is -0.455 e. The Morgan fingerprint density at radius 2 is 0.731 bits per heavy atom. The summed E-state index contributed by atoms with van der Waals surface area (Å²) in [4.78, 5) is 0. The van der Waals surface area contributed by atoms with Crippen LogP contribution in [0.2, 0.25) is 0 Å². The Hall–Kier alpha value is -6.90. The fourth-order valence-electron chi connectivity index (χ4n) is 8.40. The molecule has 2 aromatic heterocycles. The van der Waals surface area contributed by atoms with Crippen molar-refractivity contribution in [3.05, 3.63) is 182 Å². The van der Waals surface area contributed by atoms with Gasteiger partial charge in [-0.3, -0.25) is 0 Å². The molecule has 0 unspecified atom stereocenters. The fourth-order valence-corrected chi connectivity index (χ4v) is 8.40. The summed E-state index contributed by atoms with van der Waals surface area (Å²) >= 11 is 0. The van der Waals surface area contributed by atoms with Gasteiger partial charge in [-0.05, 0) is 67.6 Å². The van der Waals surface area contributed by atoms with Gasteiger partial charge in [-0.1, -0.05) is 164 Å². The van der Waals surface area contributed by atoms with Crippen LogP contribution in [0.3, 0.4) is 0 Å². The third-order valence-electron chi connectivity index (χ3n) is 10.7. The summed E-state index contributed by atoms with van der Waals surface area (Å²) in [5, 5.41) is 9.38. The van der Waals surface area contributed by atoms with E-state index in [0.29, 0.717) is 0 Å². The smallest absolute Gasteiger partial charge is 0.143 e. The van der Waals surface area contributed by atoms with Gasteiger partial charge in [0.25, 0.3) is 0 Å². The van der Waals surface area contributed by atoms with E-state index in [0.717, 1.165) is 71.7 Å². The molecule has 0 saturated carbocycles. The van der Waals surface area contributed by atoms with Crippen molar-refractivity contribution in [3.8, 4) is 44.5 Å². The molecule has 0 radical (unpaired) electrons. The average Bonchev–Trinajstić information content (AvgIpc) is 3.80. The number of hydrogen-bond donors (Lipinski definition) is 0. The van der Waals surface area contributed by atoms with Crippen molar-refractivity contribution < 1.29 is 8.83 Å². The van der Waals surface area contributed by atoms with E-state index < -0.39 is 0 Å². The van der Waals surface area contributed by atoms with Gasteiger partial charge in [0, 0.05) is 38.2 Å². The van der Waals surface area contributed by atoms with E-state index in [2.05, 4.69) is 170 Å². The first kappa shape index (κ1) is 28.9. The van der Waals surface area contributed by atoms with Gasteiger partial charge in [0.2, 0.25) is 0 Å². The van der Waals surface area contributed by atoms with Crippen molar-refractivity contribution in [3.63, 3.8) is 0 Å². The van der Waals surface area contributed by atoms with Gasteiger partial charge in [0.1, 0.15) is 22.3 Å². The zero-order valence-corrected chi connectivity index (χ0v) is 28.1. The van der Waals surface area contributed by atoms with E-state index in [1.807, 2.05) is 12.1 Å². The van der Waals surface area contributed by atoms with Gasteiger partial charge in [-0.15, -0.1) is 0 Å². The maximum Gasteiger partial charge on any atom is 0.143 e. The first-order chi connectivity index (χ1) is 25.8. The van der Waals surface area contributed by atoms with E-state index in [9.17, 15) is 0 Å². The highest BCUT2D eigenvalue weighted by atomic mass is 16.3. The lowest BCUT2D eigenvalue weighted by atomic mass is 9.85. The predicted octanol–water partition coefficient (Wildman–Crippen LogP) is 14.5. The van der Waals surface area contributed by atoms with Crippen LogP contribution in [0.1, 0.15) is 0 Å². The van der Waals surface area contributed by atoms with Crippen LogP contribution < -0.4 is 0 Å². The van der Waals surface area contributed by atoms with Gasteiger partial charge in [-0.25, -0.2) is 0 Å². The lowest BCUT2D eigenvalue weighted by Crippen LogP contribution is -1.91. The van der Waals surface area contributed by atoms with E-state index >= 15 is 0 Å². The highest BCUT2D eigenvalue weighted by molar-refractivity contribution is 6.25. The molecule has 11 rings (SSSR count). The average molecular weight is 663 g/mol. The van der Waals surface area contributed by atoms with Crippen LogP contribution in [0, 0.1) is 0 Å². The van der Waals surface area contributed by atoms with Crippen molar-refractivity contribution in [2.24, 2.45) is 0 Å². The first-order valence-corrected chi connectivity index (χ1v) is 17.8. The number of fused-ring (bicyclic) bond motifs is 8. The molecule has 0 aliphatic heterocycles. The van der Waals surface area contributed by atoms with Crippen molar-refractivity contribution >= 4 is 65.4 Å². The molecule has 242 valence electrons. The molecule has 11 aromatic rings. The topological polar surface area (TPSA) is 26.3 Å². The van der Waals surface area contributed by atoms with Crippen LogP contribution in [-0.4, -0.2) is 0 Å². The summed E-state index contributed by atoms with van der Waals surface area (Å²) in [6.07, 6.45) is 0. The van der Waals surface area contributed by atoms with Crippen LogP contribution in [-0.2, 0) is 0 Å². The fraction of sp³-hybridized carbons (Fsp3) is 0. The molecule has 0 aliphatic rings. The molecule has 0 aliphatic carbocycles. The molecular weight excluding hydrogens is 633 g/mol. The summed E-state index contributed by atoms with van der Waals surface area (Å²) < 4.78 is 13.3. The number of furan rings is 2. The Morgan fingerprint density at radius 3 is 1.40 bits per heavy atom. The third kappa shape index (κ3) is 4.25. The summed E-state index contributed by atoms with van der Waals surface area (Å²) in [7, 11) is 0. The normalized spacial score (nSPS) is 11.8. The molecule has 2 heterocycles. The molecule has 0 saturated heterocycles. The molecule has 2 heteroatoms. The SMILES string of the molecule is c1ccc(-c2c3ccccc3c(-c3ccc(-c4ccc(-c5cccc6c5oc5ccccc56)cc4)c4c3oc3ccccc34)c3ccccc23)cc1. The highest BCUT2D eigenvalue weighted by Crippen LogP contribution is 2.48. The van der Waals surface area contributed by atoms with Crippen molar-refractivity contribution in [2.45, 2.75) is 0 Å². The maximum atomic E-state index is 6.87. The molecule has 52 heavy (non-hydrogen) atoms. The monoisotopic (exact) mass is 662 g/mol. The zero-order chi connectivity index (χ0) is 34.2. The van der Waals surface area contributed by atoms with Gasteiger partial charge >= 0.3 is 0 Å². The molecule has 0 fully saturated rings. The first-order valence-electron chi connectivity index (χ1n) is 17.8. The maximum absolute atomic E-state index is 6.87.